The van der Waals surface area contributed by atoms with Crippen LogP contribution in [0.3, 0.4) is 0 Å². The van der Waals surface area contributed by atoms with Crippen LogP contribution >= 0.6 is 0 Å². The van der Waals surface area contributed by atoms with E-state index in [0.29, 0.717) is 30.8 Å². The van der Waals surface area contributed by atoms with Gasteiger partial charge in [-0.15, -0.1) is 0 Å². The van der Waals surface area contributed by atoms with Crippen molar-refractivity contribution in [1.29, 1.82) is 0 Å². The van der Waals surface area contributed by atoms with Crippen LogP contribution in [0.4, 0.5) is 4.39 Å². The summed E-state index contributed by atoms with van der Waals surface area (Å²) in [7, 11) is 1.72. The van der Waals surface area contributed by atoms with Gasteiger partial charge in [-0.05, 0) is 30.5 Å². The normalized spacial score (nSPS) is 11.6. The van der Waals surface area contributed by atoms with Crippen LogP contribution in [0.2, 0.25) is 0 Å². The topological polar surface area (TPSA) is 45.6 Å². The Morgan fingerprint density at radius 1 is 1.35 bits per heavy atom. The molecule has 0 amide bonds. The standard InChI is InChI=1S/C15H24FN3O/c1-5-20-14-7-6-12(8-13(14)16)10-19-15(17-4)18-9-11(2)3/h6-8,11H,5,9-10H2,1-4H3,(H2,17,18,19). The molecule has 112 valence electrons. The highest BCUT2D eigenvalue weighted by molar-refractivity contribution is 5.79. The molecule has 20 heavy (non-hydrogen) atoms. The van der Waals surface area contributed by atoms with Crippen molar-refractivity contribution in [1.82, 2.24) is 10.6 Å². The number of nitrogens with zero attached hydrogens (tertiary/aromatic N) is 1. The van der Waals surface area contributed by atoms with Crippen molar-refractivity contribution in [2.24, 2.45) is 10.9 Å². The van der Waals surface area contributed by atoms with Crippen molar-refractivity contribution in [2.75, 3.05) is 20.2 Å². The van der Waals surface area contributed by atoms with Crippen LogP contribution in [0.1, 0.15) is 26.3 Å². The first-order valence-corrected chi connectivity index (χ1v) is 6.92. The minimum atomic E-state index is -0.337. The summed E-state index contributed by atoms with van der Waals surface area (Å²) in [4.78, 5) is 4.12. The van der Waals surface area contributed by atoms with Crippen molar-refractivity contribution >= 4 is 5.96 Å². The molecule has 0 radical (unpaired) electrons. The lowest BCUT2D eigenvalue weighted by molar-refractivity contribution is 0.321. The number of halogens is 1. The zero-order valence-corrected chi connectivity index (χ0v) is 12.7. The van der Waals surface area contributed by atoms with Gasteiger partial charge in [0.05, 0.1) is 6.61 Å². The molecule has 1 rings (SSSR count). The lowest BCUT2D eigenvalue weighted by Gasteiger charge is -2.14. The molecule has 5 heteroatoms. The third kappa shape index (κ3) is 5.47. The predicted octanol–water partition coefficient (Wildman–Crippen LogP) is 2.55. The summed E-state index contributed by atoms with van der Waals surface area (Å²) in [5, 5.41) is 6.36. The second-order valence-electron chi connectivity index (χ2n) is 4.90. The Labute approximate surface area is 120 Å². The number of aliphatic imine (C=N–C) groups is 1. The van der Waals surface area contributed by atoms with Crippen molar-refractivity contribution < 1.29 is 9.13 Å². The van der Waals surface area contributed by atoms with Gasteiger partial charge in [0.25, 0.3) is 0 Å². The number of benzene rings is 1. The van der Waals surface area contributed by atoms with E-state index in [2.05, 4.69) is 29.5 Å². The first-order chi connectivity index (χ1) is 9.56. The van der Waals surface area contributed by atoms with Gasteiger partial charge in [-0.2, -0.15) is 0 Å². The Bertz CT molecular complexity index is 447. The third-order valence-electron chi connectivity index (χ3n) is 2.66. The summed E-state index contributed by atoms with van der Waals surface area (Å²) in [6.45, 7) is 7.90. The highest BCUT2D eigenvalue weighted by atomic mass is 19.1. The number of guanidine groups is 1. The molecule has 0 unspecified atom stereocenters. The monoisotopic (exact) mass is 281 g/mol. The van der Waals surface area contributed by atoms with Gasteiger partial charge < -0.3 is 15.4 Å². The van der Waals surface area contributed by atoms with Gasteiger partial charge in [0, 0.05) is 20.1 Å². The smallest absolute Gasteiger partial charge is 0.191 e. The number of nitrogens with one attached hydrogen (secondary N) is 2. The van der Waals surface area contributed by atoms with Gasteiger partial charge in [-0.1, -0.05) is 19.9 Å². The fraction of sp³-hybridized carbons (Fsp3) is 0.533. The molecular weight excluding hydrogens is 257 g/mol. The fourth-order valence-electron chi connectivity index (χ4n) is 1.63. The molecule has 0 aliphatic rings. The molecular formula is C15H24FN3O. The zero-order chi connectivity index (χ0) is 15.0. The van der Waals surface area contributed by atoms with Crippen molar-refractivity contribution in [3.63, 3.8) is 0 Å². The summed E-state index contributed by atoms with van der Waals surface area (Å²) in [6, 6.07) is 4.98. The zero-order valence-electron chi connectivity index (χ0n) is 12.7. The van der Waals surface area contributed by atoms with Gasteiger partial charge in [0.15, 0.2) is 17.5 Å². The van der Waals surface area contributed by atoms with E-state index >= 15 is 0 Å². The lowest BCUT2D eigenvalue weighted by atomic mass is 10.2. The molecule has 1 aromatic carbocycles. The van der Waals surface area contributed by atoms with Crippen molar-refractivity contribution in [3.8, 4) is 5.75 Å². The summed E-state index contributed by atoms with van der Waals surface area (Å²) < 4.78 is 18.9. The quantitative estimate of drug-likeness (QED) is 0.622. The van der Waals surface area contributed by atoms with E-state index in [4.69, 9.17) is 4.74 Å². The van der Waals surface area contributed by atoms with Crippen LogP contribution in [0.5, 0.6) is 5.75 Å². The SMILES string of the molecule is CCOc1ccc(CNC(=NC)NCC(C)C)cc1F. The number of hydrogen-bond acceptors (Lipinski definition) is 2. The van der Waals surface area contributed by atoms with Crippen LogP contribution in [0, 0.1) is 11.7 Å². The first-order valence-electron chi connectivity index (χ1n) is 6.92. The molecule has 0 aliphatic heterocycles. The first kappa shape index (κ1) is 16.3. The number of rotatable bonds is 6. The molecule has 2 N–H and O–H groups in total. The van der Waals surface area contributed by atoms with Gasteiger partial charge in [-0.3, -0.25) is 4.99 Å². The van der Waals surface area contributed by atoms with Crippen LogP contribution in [0.15, 0.2) is 23.2 Å². The van der Waals surface area contributed by atoms with E-state index in [1.807, 2.05) is 13.0 Å². The lowest BCUT2D eigenvalue weighted by Crippen LogP contribution is -2.38. The molecule has 0 aliphatic carbocycles. The van der Waals surface area contributed by atoms with Gasteiger partial charge in [0.1, 0.15) is 0 Å². The van der Waals surface area contributed by atoms with Crippen molar-refractivity contribution in [2.45, 2.75) is 27.3 Å². The summed E-state index contributed by atoms with van der Waals surface area (Å²) in [6.07, 6.45) is 0. The molecule has 0 saturated carbocycles. The summed E-state index contributed by atoms with van der Waals surface area (Å²) in [5.41, 5.74) is 0.846. The molecule has 0 aromatic heterocycles. The molecule has 0 heterocycles. The molecule has 0 spiro atoms. The Hall–Kier alpha value is -1.78. The second-order valence-corrected chi connectivity index (χ2v) is 4.90. The second kappa shape index (κ2) is 8.40. The van der Waals surface area contributed by atoms with Gasteiger partial charge >= 0.3 is 0 Å². The van der Waals surface area contributed by atoms with Crippen LogP contribution < -0.4 is 15.4 Å². The fourth-order valence-corrected chi connectivity index (χ4v) is 1.63. The van der Waals surface area contributed by atoms with E-state index in [0.717, 1.165) is 12.1 Å². The van der Waals surface area contributed by atoms with Crippen molar-refractivity contribution in [3.05, 3.63) is 29.6 Å². The van der Waals surface area contributed by atoms with E-state index in [1.54, 1.807) is 13.1 Å². The summed E-state index contributed by atoms with van der Waals surface area (Å²) >= 11 is 0. The Kier molecular flexibility index (Phi) is 6.84. The average Bonchev–Trinajstić information content (AvgIpc) is 2.41. The van der Waals surface area contributed by atoms with Crippen LogP contribution in [0.25, 0.3) is 0 Å². The number of ether oxygens (including phenoxy) is 1. The van der Waals surface area contributed by atoms with E-state index < -0.39 is 0 Å². The minimum absolute atomic E-state index is 0.290. The van der Waals surface area contributed by atoms with Crippen LogP contribution in [-0.2, 0) is 6.54 Å². The highest BCUT2D eigenvalue weighted by Gasteiger charge is 2.05. The van der Waals surface area contributed by atoms with Crippen LogP contribution in [-0.4, -0.2) is 26.2 Å². The molecule has 0 saturated heterocycles. The summed E-state index contributed by atoms with van der Waals surface area (Å²) in [5.74, 6) is 1.21. The van der Waals surface area contributed by atoms with Gasteiger partial charge in [-0.25, -0.2) is 4.39 Å². The maximum atomic E-state index is 13.7. The predicted molar refractivity (Wildman–Crippen MR) is 80.6 cm³/mol. The molecule has 0 atom stereocenters. The van der Waals surface area contributed by atoms with Gasteiger partial charge in [0.2, 0.25) is 0 Å². The molecule has 4 nitrogen and oxygen atoms in total. The molecule has 0 fully saturated rings. The van der Waals surface area contributed by atoms with E-state index in [-0.39, 0.29) is 5.82 Å². The van der Waals surface area contributed by atoms with E-state index in [9.17, 15) is 4.39 Å². The Morgan fingerprint density at radius 3 is 2.65 bits per heavy atom. The van der Waals surface area contributed by atoms with E-state index in [1.165, 1.54) is 6.07 Å². The largest absolute Gasteiger partial charge is 0.491 e. The maximum absolute atomic E-state index is 13.7. The molecule has 1 aromatic rings. The molecule has 0 bridgehead atoms. The third-order valence-corrected chi connectivity index (χ3v) is 2.66. The minimum Gasteiger partial charge on any atom is -0.491 e. The Balaban J connectivity index is 2.54. The number of hydrogen-bond donors (Lipinski definition) is 2. The maximum Gasteiger partial charge on any atom is 0.191 e. The Morgan fingerprint density at radius 2 is 2.10 bits per heavy atom. The average molecular weight is 281 g/mol. The highest BCUT2D eigenvalue weighted by Crippen LogP contribution is 2.18.